The highest BCUT2D eigenvalue weighted by molar-refractivity contribution is 5.82. The number of H-pyrrole nitrogens is 1. The van der Waals surface area contributed by atoms with Crippen LogP contribution in [0.1, 0.15) is 31.4 Å². The van der Waals surface area contributed by atoms with Gasteiger partial charge < -0.3 is 11.1 Å². The molecule has 0 amide bonds. The van der Waals surface area contributed by atoms with Gasteiger partial charge in [-0.1, -0.05) is 0 Å². The van der Waals surface area contributed by atoms with Crippen LogP contribution in [-0.4, -0.2) is 41.9 Å². The molecule has 0 aliphatic heterocycles. The predicted octanol–water partition coefficient (Wildman–Crippen LogP) is 2.66. The maximum atomic E-state index is 6.01. The van der Waals surface area contributed by atoms with E-state index in [0.717, 1.165) is 65.1 Å². The summed E-state index contributed by atoms with van der Waals surface area (Å²) in [5.41, 5.74) is 10.4. The molecule has 5 rings (SSSR count). The standard InChI is InChI=1S/C19H22N8/c1-11-15-8-12(9-22-19(15)25-24-11)16-10-21-18-7-6-17(26-27(16)18)23-14-4-2-13(20)3-5-14/h6-10,13-14H,2-5,20H2,1H3,(H,23,26)(H,22,24,25). The van der Waals surface area contributed by atoms with Gasteiger partial charge in [0.05, 0.1) is 11.9 Å². The predicted molar refractivity (Wildman–Crippen MR) is 104 cm³/mol. The van der Waals surface area contributed by atoms with Gasteiger partial charge in [0, 0.05) is 34.9 Å². The monoisotopic (exact) mass is 362 g/mol. The van der Waals surface area contributed by atoms with Gasteiger partial charge in [0.25, 0.3) is 0 Å². The van der Waals surface area contributed by atoms with Crippen LogP contribution in [0.4, 0.5) is 5.82 Å². The third-order valence-corrected chi connectivity index (χ3v) is 5.38. The Labute approximate surface area is 156 Å². The Morgan fingerprint density at radius 1 is 1.15 bits per heavy atom. The fourth-order valence-electron chi connectivity index (χ4n) is 3.78. The summed E-state index contributed by atoms with van der Waals surface area (Å²) in [6, 6.07) is 6.82. The summed E-state index contributed by atoms with van der Waals surface area (Å²) in [6.45, 7) is 1.99. The van der Waals surface area contributed by atoms with Gasteiger partial charge in [-0.15, -0.1) is 5.10 Å². The van der Waals surface area contributed by atoms with Crippen LogP contribution in [0, 0.1) is 6.92 Å². The van der Waals surface area contributed by atoms with Crippen LogP contribution in [0.3, 0.4) is 0 Å². The molecule has 0 atom stereocenters. The Kier molecular flexibility index (Phi) is 3.78. The van der Waals surface area contributed by atoms with Crippen molar-refractivity contribution >= 4 is 22.5 Å². The molecule has 1 aliphatic carbocycles. The molecule has 4 heterocycles. The van der Waals surface area contributed by atoms with E-state index < -0.39 is 0 Å². The highest BCUT2D eigenvalue weighted by Gasteiger charge is 2.19. The number of aromatic nitrogens is 6. The lowest BCUT2D eigenvalue weighted by atomic mass is 9.92. The topological polar surface area (TPSA) is 110 Å². The Bertz CT molecular complexity index is 1100. The number of rotatable bonds is 3. The maximum absolute atomic E-state index is 6.01. The molecule has 138 valence electrons. The van der Waals surface area contributed by atoms with Crippen molar-refractivity contribution in [3.63, 3.8) is 0 Å². The number of aryl methyl sites for hydroxylation is 1. The first-order valence-electron chi connectivity index (χ1n) is 9.35. The molecule has 8 nitrogen and oxygen atoms in total. The first-order valence-corrected chi connectivity index (χ1v) is 9.35. The average molecular weight is 362 g/mol. The summed E-state index contributed by atoms with van der Waals surface area (Å²) in [5.74, 6) is 0.857. The van der Waals surface area contributed by atoms with Crippen molar-refractivity contribution in [2.45, 2.75) is 44.7 Å². The average Bonchev–Trinajstić information content (AvgIpc) is 3.27. The van der Waals surface area contributed by atoms with Crippen LogP contribution in [0.5, 0.6) is 0 Å². The molecule has 0 bridgehead atoms. The molecule has 0 spiro atoms. The van der Waals surface area contributed by atoms with Crippen LogP contribution in [0.2, 0.25) is 0 Å². The van der Waals surface area contributed by atoms with Crippen molar-refractivity contribution in [2.75, 3.05) is 5.32 Å². The van der Waals surface area contributed by atoms with Gasteiger partial charge in [-0.2, -0.15) is 5.10 Å². The summed E-state index contributed by atoms with van der Waals surface area (Å²) in [6.07, 6.45) is 7.94. The van der Waals surface area contributed by atoms with Crippen LogP contribution >= 0.6 is 0 Å². The number of nitrogens with zero attached hydrogens (tertiary/aromatic N) is 5. The Morgan fingerprint density at radius 3 is 2.85 bits per heavy atom. The van der Waals surface area contributed by atoms with Gasteiger partial charge in [-0.05, 0) is 50.8 Å². The molecular formula is C19H22N8. The molecule has 0 aromatic carbocycles. The quantitative estimate of drug-likeness (QED) is 0.517. The smallest absolute Gasteiger partial charge is 0.181 e. The van der Waals surface area contributed by atoms with E-state index in [1.807, 2.05) is 36.0 Å². The first kappa shape index (κ1) is 16.2. The molecule has 8 heteroatoms. The van der Waals surface area contributed by atoms with E-state index in [-0.39, 0.29) is 0 Å². The van der Waals surface area contributed by atoms with Gasteiger partial charge in [0.15, 0.2) is 11.3 Å². The van der Waals surface area contributed by atoms with Gasteiger partial charge in [-0.25, -0.2) is 14.5 Å². The minimum atomic E-state index is 0.340. The summed E-state index contributed by atoms with van der Waals surface area (Å²) in [7, 11) is 0. The first-order chi connectivity index (χ1) is 13.2. The third kappa shape index (κ3) is 2.91. The summed E-state index contributed by atoms with van der Waals surface area (Å²) < 4.78 is 1.87. The number of imidazole rings is 1. The van der Waals surface area contributed by atoms with E-state index in [9.17, 15) is 0 Å². The van der Waals surface area contributed by atoms with E-state index in [0.29, 0.717) is 12.1 Å². The van der Waals surface area contributed by atoms with E-state index in [1.165, 1.54) is 0 Å². The second-order valence-electron chi connectivity index (χ2n) is 7.33. The molecule has 1 saturated carbocycles. The van der Waals surface area contributed by atoms with Crippen LogP contribution in [0.15, 0.2) is 30.6 Å². The molecule has 4 aromatic rings. The second kappa shape index (κ2) is 6.31. The Balaban J connectivity index is 1.50. The minimum absolute atomic E-state index is 0.340. The summed E-state index contributed by atoms with van der Waals surface area (Å²) >= 11 is 0. The highest BCUT2D eigenvalue weighted by atomic mass is 15.3. The summed E-state index contributed by atoms with van der Waals surface area (Å²) in [5, 5.41) is 16.5. The molecule has 4 aromatic heterocycles. The number of nitrogens with two attached hydrogens (primary N) is 1. The molecule has 27 heavy (non-hydrogen) atoms. The van der Waals surface area contributed by atoms with Crippen LogP contribution < -0.4 is 11.1 Å². The zero-order chi connectivity index (χ0) is 18.4. The van der Waals surface area contributed by atoms with Gasteiger partial charge >= 0.3 is 0 Å². The van der Waals surface area contributed by atoms with E-state index in [1.54, 1.807) is 0 Å². The third-order valence-electron chi connectivity index (χ3n) is 5.38. The van der Waals surface area contributed by atoms with Crippen molar-refractivity contribution in [2.24, 2.45) is 5.73 Å². The lowest BCUT2D eigenvalue weighted by Crippen LogP contribution is -2.33. The SMILES string of the molecule is Cc1[nH]nc2ncc(-c3cnc4ccc(NC5CCC(N)CC5)nn34)cc12. The fourth-order valence-corrected chi connectivity index (χ4v) is 3.78. The Hall–Kier alpha value is -3.00. The fraction of sp³-hybridized carbons (Fsp3) is 0.368. The van der Waals surface area contributed by atoms with Crippen molar-refractivity contribution in [3.8, 4) is 11.3 Å². The van der Waals surface area contributed by atoms with E-state index in [4.69, 9.17) is 10.8 Å². The minimum Gasteiger partial charge on any atom is -0.366 e. The number of anilines is 1. The summed E-state index contributed by atoms with van der Waals surface area (Å²) in [4.78, 5) is 8.94. The lowest BCUT2D eigenvalue weighted by Gasteiger charge is -2.27. The Morgan fingerprint density at radius 2 is 2.00 bits per heavy atom. The number of hydrogen-bond donors (Lipinski definition) is 3. The van der Waals surface area contributed by atoms with E-state index in [2.05, 4.69) is 31.5 Å². The number of pyridine rings is 1. The zero-order valence-corrected chi connectivity index (χ0v) is 15.2. The molecule has 1 aliphatic rings. The molecular weight excluding hydrogens is 340 g/mol. The highest BCUT2D eigenvalue weighted by Crippen LogP contribution is 2.25. The van der Waals surface area contributed by atoms with Crippen molar-refractivity contribution in [3.05, 3.63) is 36.3 Å². The van der Waals surface area contributed by atoms with Crippen molar-refractivity contribution in [1.29, 1.82) is 0 Å². The molecule has 0 saturated heterocycles. The molecule has 4 N–H and O–H groups in total. The van der Waals surface area contributed by atoms with Crippen molar-refractivity contribution < 1.29 is 0 Å². The number of nitrogens with one attached hydrogen (secondary N) is 2. The number of fused-ring (bicyclic) bond motifs is 2. The zero-order valence-electron chi connectivity index (χ0n) is 15.2. The van der Waals surface area contributed by atoms with E-state index >= 15 is 0 Å². The lowest BCUT2D eigenvalue weighted by molar-refractivity contribution is 0.410. The molecule has 0 radical (unpaired) electrons. The number of hydrogen-bond acceptors (Lipinski definition) is 6. The largest absolute Gasteiger partial charge is 0.366 e. The molecule has 1 fully saturated rings. The van der Waals surface area contributed by atoms with Gasteiger partial charge in [0.2, 0.25) is 0 Å². The van der Waals surface area contributed by atoms with Crippen LogP contribution in [-0.2, 0) is 0 Å². The normalized spacial score (nSPS) is 20.4. The maximum Gasteiger partial charge on any atom is 0.181 e. The van der Waals surface area contributed by atoms with Gasteiger partial charge in [0.1, 0.15) is 5.82 Å². The number of aromatic amines is 1. The second-order valence-corrected chi connectivity index (χ2v) is 7.33. The van der Waals surface area contributed by atoms with Gasteiger partial charge in [-0.3, -0.25) is 5.10 Å². The van der Waals surface area contributed by atoms with Crippen molar-refractivity contribution in [1.82, 2.24) is 29.8 Å². The molecule has 0 unspecified atom stereocenters. The van der Waals surface area contributed by atoms with Crippen LogP contribution in [0.25, 0.3) is 27.9 Å².